The van der Waals surface area contributed by atoms with Crippen LogP contribution in [0.3, 0.4) is 0 Å². The highest BCUT2D eigenvalue weighted by Gasteiger charge is 2.21. The van der Waals surface area contributed by atoms with Crippen LogP contribution in [0.1, 0.15) is 20.8 Å². The van der Waals surface area contributed by atoms with Gasteiger partial charge in [-0.05, 0) is 25.1 Å². The molecule has 0 saturated carbocycles. The molecule has 0 fully saturated rings. The van der Waals surface area contributed by atoms with Gasteiger partial charge >= 0.3 is 12.2 Å². The smallest absolute Gasteiger partial charge is 0.434 e. The molecule has 7 nitrogen and oxygen atoms in total. The lowest BCUT2D eigenvalue weighted by Crippen LogP contribution is -2.11. The molecular weight excluding hydrogens is 341 g/mol. The van der Waals surface area contributed by atoms with E-state index in [0.717, 1.165) is 16.2 Å². The summed E-state index contributed by atoms with van der Waals surface area (Å²) in [6.07, 6.45) is 1.94. The van der Waals surface area contributed by atoms with Crippen molar-refractivity contribution in [3.05, 3.63) is 24.4 Å². The molecule has 0 aliphatic carbocycles. The first-order valence-electron chi connectivity index (χ1n) is 8.22. The Bertz CT molecular complexity index is 975. The highest BCUT2D eigenvalue weighted by Crippen LogP contribution is 2.44. The molecule has 0 saturated heterocycles. The number of carbonyl (C=O) groups excluding carboxylic acids is 1. The van der Waals surface area contributed by atoms with Gasteiger partial charge in [0.2, 0.25) is 0 Å². The van der Waals surface area contributed by atoms with Crippen molar-refractivity contribution in [2.24, 2.45) is 0 Å². The van der Waals surface area contributed by atoms with E-state index in [4.69, 9.17) is 9.47 Å². The zero-order chi connectivity index (χ0) is 18.0. The third-order valence-corrected chi connectivity index (χ3v) is 7.49. The number of H-pyrrole nitrogens is 1. The van der Waals surface area contributed by atoms with Crippen molar-refractivity contribution in [2.45, 2.75) is 20.8 Å². The maximum atomic E-state index is 13.0. The Hall–Kier alpha value is -2.40. The minimum Gasteiger partial charge on any atom is -0.434 e. The number of nitrogens with zero attached hydrogens (tertiary/aromatic N) is 2. The molecule has 1 aromatic carbocycles. The van der Waals surface area contributed by atoms with E-state index < -0.39 is 13.3 Å². The number of fused-ring (bicyclic) bond motifs is 3. The Labute approximate surface area is 145 Å². The van der Waals surface area contributed by atoms with E-state index in [9.17, 15) is 9.36 Å². The molecule has 0 aliphatic heterocycles. The fourth-order valence-electron chi connectivity index (χ4n) is 2.76. The molecule has 2 aromatic heterocycles. The summed E-state index contributed by atoms with van der Waals surface area (Å²) in [6.45, 7) is 5.78. The number of rotatable bonds is 5. The molecule has 132 valence electrons. The van der Waals surface area contributed by atoms with Crippen LogP contribution in [0.2, 0.25) is 0 Å². The number of aromatic amines is 1. The van der Waals surface area contributed by atoms with Gasteiger partial charge in [0, 0.05) is 28.5 Å². The van der Waals surface area contributed by atoms with Crippen molar-refractivity contribution in [3.8, 4) is 6.01 Å². The van der Waals surface area contributed by atoms with Crippen LogP contribution in [0.25, 0.3) is 21.9 Å². The summed E-state index contributed by atoms with van der Waals surface area (Å²) in [7, 11) is -2.40. The summed E-state index contributed by atoms with van der Waals surface area (Å²) < 4.78 is 22.7. The van der Waals surface area contributed by atoms with Crippen LogP contribution in [0.15, 0.2) is 24.4 Å². The number of carbonyl (C=O) groups is 1. The van der Waals surface area contributed by atoms with Gasteiger partial charge in [-0.15, -0.1) is 0 Å². The normalized spacial score (nSPS) is 11.8. The van der Waals surface area contributed by atoms with Gasteiger partial charge in [0.05, 0.1) is 18.3 Å². The first kappa shape index (κ1) is 17.4. The van der Waals surface area contributed by atoms with Crippen molar-refractivity contribution >= 4 is 40.5 Å². The minimum absolute atomic E-state index is 0.0774. The molecule has 8 heteroatoms. The van der Waals surface area contributed by atoms with Gasteiger partial charge < -0.3 is 19.0 Å². The summed E-state index contributed by atoms with van der Waals surface area (Å²) in [4.78, 5) is 23.0. The van der Waals surface area contributed by atoms with E-state index in [1.807, 2.05) is 32.0 Å². The molecule has 3 aromatic rings. The van der Waals surface area contributed by atoms with Gasteiger partial charge in [-0.2, -0.15) is 4.98 Å². The number of nitrogens with one attached hydrogen (secondary N) is 1. The summed E-state index contributed by atoms with van der Waals surface area (Å²) in [5, 5.41) is 1.66. The maximum Gasteiger partial charge on any atom is 0.516 e. The van der Waals surface area contributed by atoms with E-state index >= 15 is 0 Å². The largest absolute Gasteiger partial charge is 0.516 e. The molecule has 2 heterocycles. The molecule has 0 atom stereocenters. The Morgan fingerprint density at radius 1 is 1.20 bits per heavy atom. The lowest BCUT2D eigenvalue weighted by atomic mass is 10.2. The van der Waals surface area contributed by atoms with Crippen LogP contribution < -0.4 is 10.0 Å². The fraction of sp³-hybridized carbons (Fsp3) is 0.353. The van der Waals surface area contributed by atoms with Crippen LogP contribution in [0.5, 0.6) is 6.01 Å². The molecule has 0 aliphatic rings. The maximum absolute atomic E-state index is 13.0. The Kier molecular flexibility index (Phi) is 4.77. The van der Waals surface area contributed by atoms with Crippen LogP contribution in [0, 0.1) is 0 Å². The van der Waals surface area contributed by atoms with Crippen LogP contribution in [-0.2, 0) is 9.30 Å². The van der Waals surface area contributed by atoms with Gasteiger partial charge in [-0.3, -0.25) is 0 Å². The van der Waals surface area contributed by atoms with E-state index in [0.29, 0.717) is 23.4 Å². The standard InChI is InChI=1S/C17H20N3O4P/c1-4-23-17(21)24-16-18-10-14-15(20-16)12-9-11(7-8-13(12)19-14)25(22,5-2)6-3/h7-10,19H,4-6H2,1-3H3. The molecule has 1 N–H and O–H groups in total. The molecule has 3 rings (SSSR count). The van der Waals surface area contributed by atoms with Crippen molar-refractivity contribution in [3.63, 3.8) is 0 Å². The predicted molar refractivity (Wildman–Crippen MR) is 97.4 cm³/mol. The fourth-order valence-corrected chi connectivity index (χ4v) is 4.65. The highest BCUT2D eigenvalue weighted by molar-refractivity contribution is 7.71. The molecule has 0 amide bonds. The molecule has 0 radical (unpaired) electrons. The van der Waals surface area contributed by atoms with Gasteiger partial charge in [0.15, 0.2) is 0 Å². The van der Waals surface area contributed by atoms with Gasteiger partial charge in [-0.1, -0.05) is 13.8 Å². The molecule has 25 heavy (non-hydrogen) atoms. The molecule has 0 spiro atoms. The van der Waals surface area contributed by atoms with Gasteiger partial charge in [0.25, 0.3) is 0 Å². The monoisotopic (exact) mass is 361 g/mol. The zero-order valence-corrected chi connectivity index (χ0v) is 15.3. The average molecular weight is 361 g/mol. The van der Waals surface area contributed by atoms with Crippen molar-refractivity contribution in [2.75, 3.05) is 18.9 Å². The third kappa shape index (κ3) is 3.24. The van der Waals surface area contributed by atoms with Gasteiger partial charge in [-0.25, -0.2) is 9.78 Å². The Balaban J connectivity index is 2.10. The summed E-state index contributed by atoms with van der Waals surface area (Å²) in [5.41, 5.74) is 2.19. The number of aromatic nitrogens is 3. The topological polar surface area (TPSA) is 94.2 Å². The van der Waals surface area contributed by atoms with Crippen LogP contribution in [0.4, 0.5) is 4.79 Å². The summed E-state index contributed by atoms with van der Waals surface area (Å²) in [6, 6.07) is 5.63. The Morgan fingerprint density at radius 3 is 2.64 bits per heavy atom. The van der Waals surface area contributed by atoms with E-state index in [1.165, 1.54) is 0 Å². The van der Waals surface area contributed by atoms with Crippen LogP contribution in [-0.4, -0.2) is 40.0 Å². The first-order chi connectivity index (χ1) is 12.0. The number of hydrogen-bond donors (Lipinski definition) is 1. The van der Waals surface area contributed by atoms with Crippen molar-refractivity contribution in [1.82, 2.24) is 15.0 Å². The quantitative estimate of drug-likeness (QED) is 0.550. The SMILES string of the molecule is CCOC(=O)Oc1ncc2[nH]c3ccc(P(=O)(CC)CC)cc3c2n1. The van der Waals surface area contributed by atoms with Crippen molar-refractivity contribution < 1.29 is 18.8 Å². The predicted octanol–water partition coefficient (Wildman–Crippen LogP) is 3.67. The number of ether oxygens (including phenoxy) is 2. The summed E-state index contributed by atoms with van der Waals surface area (Å²) >= 11 is 0. The molecule has 0 bridgehead atoms. The molecule has 0 unspecified atom stereocenters. The molecular formula is C17H20N3O4P. The second kappa shape index (κ2) is 6.84. The zero-order valence-electron chi connectivity index (χ0n) is 14.4. The van der Waals surface area contributed by atoms with E-state index in [1.54, 1.807) is 13.1 Å². The lowest BCUT2D eigenvalue weighted by molar-refractivity contribution is 0.101. The second-order valence-electron chi connectivity index (χ2n) is 5.58. The second-order valence-corrected chi connectivity index (χ2v) is 9.14. The third-order valence-electron chi connectivity index (χ3n) is 4.22. The minimum atomic E-state index is -2.40. The average Bonchev–Trinajstić information content (AvgIpc) is 2.98. The van der Waals surface area contributed by atoms with E-state index in [2.05, 4.69) is 15.0 Å². The van der Waals surface area contributed by atoms with Crippen LogP contribution >= 0.6 is 7.14 Å². The summed E-state index contributed by atoms with van der Waals surface area (Å²) in [5.74, 6) is 0. The number of hydrogen-bond acceptors (Lipinski definition) is 6. The Morgan fingerprint density at radius 2 is 1.96 bits per heavy atom. The van der Waals surface area contributed by atoms with E-state index in [-0.39, 0.29) is 12.6 Å². The highest BCUT2D eigenvalue weighted by atomic mass is 31.2. The van der Waals surface area contributed by atoms with Gasteiger partial charge in [0.1, 0.15) is 12.7 Å². The lowest BCUT2D eigenvalue weighted by Gasteiger charge is -2.14. The van der Waals surface area contributed by atoms with Crippen molar-refractivity contribution in [1.29, 1.82) is 0 Å². The number of benzene rings is 1. The first-order valence-corrected chi connectivity index (χ1v) is 10.3.